The lowest BCUT2D eigenvalue weighted by atomic mass is 10.1. The molecule has 0 aliphatic carbocycles. The number of hydrogen-bond donors (Lipinski definition) is 1. The van der Waals surface area contributed by atoms with Gasteiger partial charge in [-0.2, -0.15) is 0 Å². The molecule has 3 heteroatoms. The summed E-state index contributed by atoms with van der Waals surface area (Å²) in [5.74, 6) is 1.93. The van der Waals surface area contributed by atoms with E-state index < -0.39 is 0 Å². The highest BCUT2D eigenvalue weighted by Gasteiger charge is 2.12. The van der Waals surface area contributed by atoms with Crippen LogP contribution in [0.25, 0.3) is 0 Å². The van der Waals surface area contributed by atoms with E-state index in [1.165, 1.54) is 5.56 Å². The van der Waals surface area contributed by atoms with Crippen molar-refractivity contribution in [1.29, 1.82) is 0 Å². The molecule has 2 aromatic heterocycles. The molecular weight excluding hydrogens is 212 g/mol. The lowest BCUT2D eigenvalue weighted by molar-refractivity contribution is 0.500. The molecule has 2 aromatic rings. The van der Waals surface area contributed by atoms with Crippen molar-refractivity contribution in [3.63, 3.8) is 0 Å². The van der Waals surface area contributed by atoms with Crippen molar-refractivity contribution >= 4 is 5.69 Å². The van der Waals surface area contributed by atoms with Gasteiger partial charge in [0.25, 0.3) is 0 Å². The van der Waals surface area contributed by atoms with E-state index >= 15 is 0 Å². The average Bonchev–Trinajstić information content (AvgIpc) is 2.61. The molecule has 0 saturated carbocycles. The summed E-state index contributed by atoms with van der Waals surface area (Å²) in [7, 11) is 0. The Balaban J connectivity index is 2.14. The largest absolute Gasteiger partial charge is 0.466 e. The molecule has 2 rings (SSSR count). The fraction of sp³-hybridized carbons (Fsp3) is 0.357. The SMILES string of the molecule is Cc1ccc(NC(C)c2cc(C)oc2C)cn1. The molecular formula is C14H18N2O. The molecule has 1 unspecified atom stereocenters. The van der Waals surface area contributed by atoms with Crippen molar-refractivity contribution in [3.05, 3.63) is 47.2 Å². The Morgan fingerprint density at radius 2 is 2.00 bits per heavy atom. The van der Waals surface area contributed by atoms with Gasteiger partial charge in [-0.05, 0) is 45.9 Å². The van der Waals surface area contributed by atoms with Crippen molar-refractivity contribution < 1.29 is 4.42 Å². The van der Waals surface area contributed by atoms with Crippen LogP contribution in [0.2, 0.25) is 0 Å². The fourth-order valence-electron chi connectivity index (χ4n) is 1.96. The number of nitrogens with zero attached hydrogens (tertiary/aromatic N) is 1. The Kier molecular flexibility index (Phi) is 3.18. The van der Waals surface area contributed by atoms with Gasteiger partial charge in [-0.3, -0.25) is 4.98 Å². The van der Waals surface area contributed by atoms with Crippen molar-refractivity contribution in [1.82, 2.24) is 4.98 Å². The molecule has 0 fully saturated rings. The van der Waals surface area contributed by atoms with Crippen molar-refractivity contribution in [3.8, 4) is 0 Å². The molecule has 0 radical (unpaired) electrons. The monoisotopic (exact) mass is 230 g/mol. The molecule has 0 amide bonds. The third-order valence-electron chi connectivity index (χ3n) is 2.84. The zero-order valence-corrected chi connectivity index (χ0v) is 10.7. The van der Waals surface area contributed by atoms with Crippen LogP contribution in [0, 0.1) is 20.8 Å². The minimum Gasteiger partial charge on any atom is -0.466 e. The third kappa shape index (κ3) is 2.67. The van der Waals surface area contributed by atoms with Gasteiger partial charge in [-0.15, -0.1) is 0 Å². The lowest BCUT2D eigenvalue weighted by Crippen LogP contribution is -2.07. The lowest BCUT2D eigenvalue weighted by Gasteiger charge is -2.14. The van der Waals surface area contributed by atoms with Crippen molar-refractivity contribution in [2.24, 2.45) is 0 Å². The van der Waals surface area contributed by atoms with E-state index in [1.807, 2.05) is 39.1 Å². The zero-order chi connectivity index (χ0) is 12.4. The molecule has 2 heterocycles. The average molecular weight is 230 g/mol. The number of furan rings is 1. The van der Waals surface area contributed by atoms with Gasteiger partial charge < -0.3 is 9.73 Å². The van der Waals surface area contributed by atoms with Gasteiger partial charge in [0.05, 0.1) is 17.9 Å². The van der Waals surface area contributed by atoms with Crippen molar-refractivity contribution in [2.75, 3.05) is 5.32 Å². The Morgan fingerprint density at radius 3 is 2.53 bits per heavy atom. The van der Waals surface area contributed by atoms with Gasteiger partial charge in [0, 0.05) is 11.3 Å². The third-order valence-corrected chi connectivity index (χ3v) is 2.84. The number of anilines is 1. The molecule has 0 aliphatic heterocycles. The highest BCUT2D eigenvalue weighted by atomic mass is 16.3. The van der Waals surface area contributed by atoms with Crippen LogP contribution in [0.3, 0.4) is 0 Å². The molecule has 0 bridgehead atoms. The minimum absolute atomic E-state index is 0.219. The summed E-state index contributed by atoms with van der Waals surface area (Å²) in [5, 5.41) is 3.42. The fourth-order valence-corrected chi connectivity index (χ4v) is 1.96. The molecule has 1 N–H and O–H groups in total. The first-order chi connectivity index (χ1) is 8.06. The summed E-state index contributed by atoms with van der Waals surface area (Å²) in [6, 6.07) is 6.34. The number of aromatic nitrogens is 1. The van der Waals surface area contributed by atoms with Gasteiger partial charge in [-0.1, -0.05) is 0 Å². The first kappa shape index (κ1) is 11.7. The molecule has 17 heavy (non-hydrogen) atoms. The first-order valence-corrected chi connectivity index (χ1v) is 5.82. The summed E-state index contributed by atoms with van der Waals surface area (Å²) in [4.78, 5) is 4.27. The molecule has 0 spiro atoms. The van der Waals surface area contributed by atoms with Crippen LogP contribution < -0.4 is 5.32 Å². The summed E-state index contributed by atoms with van der Waals surface area (Å²) in [6.07, 6.45) is 1.86. The second kappa shape index (κ2) is 4.62. The van der Waals surface area contributed by atoms with Crippen LogP contribution >= 0.6 is 0 Å². The number of aryl methyl sites for hydroxylation is 3. The summed E-state index contributed by atoms with van der Waals surface area (Å²) in [6.45, 7) is 8.07. The van der Waals surface area contributed by atoms with Gasteiger partial charge in [-0.25, -0.2) is 0 Å². The highest BCUT2D eigenvalue weighted by molar-refractivity contribution is 5.44. The quantitative estimate of drug-likeness (QED) is 0.872. The van der Waals surface area contributed by atoms with E-state index in [9.17, 15) is 0 Å². The predicted molar refractivity (Wildman–Crippen MR) is 69.2 cm³/mol. The number of nitrogens with one attached hydrogen (secondary N) is 1. The summed E-state index contributed by atoms with van der Waals surface area (Å²) in [5.41, 5.74) is 3.25. The van der Waals surface area contributed by atoms with E-state index in [1.54, 1.807) is 0 Å². The number of rotatable bonds is 3. The Labute approximate surface area is 102 Å². The van der Waals surface area contributed by atoms with Gasteiger partial charge >= 0.3 is 0 Å². The molecule has 90 valence electrons. The second-order valence-electron chi connectivity index (χ2n) is 4.42. The molecule has 1 atom stereocenters. The smallest absolute Gasteiger partial charge is 0.106 e. The van der Waals surface area contributed by atoms with Crippen LogP contribution in [0.5, 0.6) is 0 Å². The highest BCUT2D eigenvalue weighted by Crippen LogP contribution is 2.24. The van der Waals surface area contributed by atoms with E-state index in [4.69, 9.17) is 4.42 Å². The Bertz CT molecular complexity index is 499. The van der Waals surface area contributed by atoms with Gasteiger partial charge in [0.15, 0.2) is 0 Å². The Hall–Kier alpha value is -1.77. The van der Waals surface area contributed by atoms with Crippen LogP contribution in [-0.4, -0.2) is 4.98 Å². The van der Waals surface area contributed by atoms with Gasteiger partial charge in [0.1, 0.15) is 11.5 Å². The van der Waals surface area contributed by atoms with Crippen LogP contribution in [-0.2, 0) is 0 Å². The predicted octanol–water partition coefficient (Wildman–Crippen LogP) is 3.77. The van der Waals surface area contributed by atoms with Crippen LogP contribution in [0.15, 0.2) is 28.8 Å². The standard InChI is InChI=1S/C14H18N2O/c1-9-5-6-13(8-15-9)16-11(3)14-7-10(2)17-12(14)4/h5-8,11,16H,1-4H3. The van der Waals surface area contributed by atoms with Crippen LogP contribution in [0.4, 0.5) is 5.69 Å². The number of pyridine rings is 1. The molecule has 0 aromatic carbocycles. The normalized spacial score (nSPS) is 12.5. The zero-order valence-electron chi connectivity index (χ0n) is 10.7. The van der Waals surface area contributed by atoms with E-state index in [0.717, 1.165) is 22.9 Å². The summed E-state index contributed by atoms with van der Waals surface area (Å²) >= 11 is 0. The maximum Gasteiger partial charge on any atom is 0.106 e. The number of hydrogen-bond acceptors (Lipinski definition) is 3. The first-order valence-electron chi connectivity index (χ1n) is 5.82. The molecule has 0 saturated heterocycles. The van der Waals surface area contributed by atoms with Crippen LogP contribution in [0.1, 0.15) is 35.7 Å². The maximum atomic E-state index is 5.54. The Morgan fingerprint density at radius 1 is 1.24 bits per heavy atom. The molecule has 0 aliphatic rings. The molecule has 3 nitrogen and oxygen atoms in total. The minimum atomic E-state index is 0.219. The van der Waals surface area contributed by atoms with E-state index in [-0.39, 0.29) is 6.04 Å². The second-order valence-corrected chi connectivity index (χ2v) is 4.42. The maximum absolute atomic E-state index is 5.54. The van der Waals surface area contributed by atoms with E-state index in [0.29, 0.717) is 0 Å². The van der Waals surface area contributed by atoms with E-state index in [2.05, 4.69) is 23.3 Å². The van der Waals surface area contributed by atoms with Gasteiger partial charge in [0.2, 0.25) is 0 Å². The van der Waals surface area contributed by atoms with Crippen molar-refractivity contribution in [2.45, 2.75) is 33.7 Å². The topological polar surface area (TPSA) is 38.1 Å². The summed E-state index contributed by atoms with van der Waals surface area (Å²) < 4.78 is 5.54.